The molecule has 0 unspecified atom stereocenters. The van der Waals surface area contributed by atoms with Crippen molar-refractivity contribution >= 4 is 27.7 Å². The van der Waals surface area contributed by atoms with Gasteiger partial charge in [0.15, 0.2) is 0 Å². The summed E-state index contributed by atoms with van der Waals surface area (Å²) in [5, 5.41) is 1.06. The van der Waals surface area contributed by atoms with Crippen LogP contribution >= 0.6 is 11.5 Å². The second-order valence-electron chi connectivity index (χ2n) is 7.25. The number of imidazole rings is 1. The molecule has 5 nitrogen and oxygen atoms in total. The van der Waals surface area contributed by atoms with Crippen molar-refractivity contribution in [3.63, 3.8) is 0 Å². The highest BCUT2D eigenvalue weighted by Gasteiger charge is 2.37. The molecule has 2 aromatic heterocycles. The second-order valence-corrected chi connectivity index (χ2v) is 7.98. The Morgan fingerprint density at radius 1 is 1.12 bits per heavy atom. The lowest BCUT2D eigenvalue weighted by atomic mass is 10.1. The van der Waals surface area contributed by atoms with Crippen molar-refractivity contribution in [2.24, 2.45) is 0 Å². The van der Waals surface area contributed by atoms with Crippen LogP contribution in [0.5, 0.6) is 0 Å². The van der Waals surface area contributed by atoms with E-state index in [2.05, 4.69) is 56.9 Å². The molecule has 24 heavy (non-hydrogen) atoms. The molecule has 0 N–H and O–H groups in total. The van der Waals surface area contributed by atoms with E-state index in [9.17, 15) is 0 Å². The van der Waals surface area contributed by atoms with E-state index in [1.165, 1.54) is 35.7 Å². The van der Waals surface area contributed by atoms with Gasteiger partial charge in [-0.1, -0.05) is 26.0 Å². The summed E-state index contributed by atoms with van der Waals surface area (Å²) in [6.45, 7) is 6.30. The first-order valence-corrected chi connectivity index (χ1v) is 9.53. The van der Waals surface area contributed by atoms with E-state index in [1.807, 2.05) is 0 Å². The maximum Gasteiger partial charge on any atom is 0.205 e. The third-order valence-corrected chi connectivity index (χ3v) is 5.80. The molecule has 0 spiro atoms. The lowest BCUT2D eigenvalue weighted by Gasteiger charge is -2.40. The van der Waals surface area contributed by atoms with Crippen LogP contribution in [0.4, 0.5) is 5.13 Å². The van der Waals surface area contributed by atoms with Gasteiger partial charge in [-0.05, 0) is 25.0 Å². The minimum atomic E-state index is 0.395. The molecule has 0 bridgehead atoms. The molecule has 2 fully saturated rings. The van der Waals surface area contributed by atoms with Crippen molar-refractivity contribution in [1.29, 1.82) is 0 Å². The topological polar surface area (TPSA) is 46.8 Å². The van der Waals surface area contributed by atoms with E-state index >= 15 is 0 Å². The van der Waals surface area contributed by atoms with Crippen molar-refractivity contribution in [1.82, 2.24) is 18.9 Å². The van der Waals surface area contributed by atoms with Crippen LogP contribution in [0, 0.1) is 0 Å². The van der Waals surface area contributed by atoms with E-state index in [0.29, 0.717) is 17.9 Å². The van der Waals surface area contributed by atoms with Gasteiger partial charge in [0, 0.05) is 36.5 Å². The summed E-state index contributed by atoms with van der Waals surface area (Å²) >= 11 is 1.53. The summed E-state index contributed by atoms with van der Waals surface area (Å²) < 4.78 is 6.98. The zero-order valence-electron chi connectivity index (χ0n) is 14.0. The van der Waals surface area contributed by atoms with Gasteiger partial charge < -0.3 is 9.47 Å². The number of rotatable bonds is 4. The fraction of sp³-hybridized carbons (Fsp3) is 0.500. The van der Waals surface area contributed by atoms with Crippen LogP contribution in [0.3, 0.4) is 0 Å². The monoisotopic (exact) mass is 339 g/mol. The molecule has 3 heterocycles. The van der Waals surface area contributed by atoms with Crippen molar-refractivity contribution in [3.05, 3.63) is 35.9 Å². The third-order valence-electron chi connectivity index (χ3n) is 5.01. The Labute approximate surface area is 145 Å². The van der Waals surface area contributed by atoms with Crippen LogP contribution in [0.1, 0.15) is 56.2 Å². The maximum absolute atomic E-state index is 4.92. The summed E-state index contributed by atoms with van der Waals surface area (Å²) in [6, 6.07) is 9.04. The summed E-state index contributed by atoms with van der Waals surface area (Å²) in [5.74, 6) is 3.32. The van der Waals surface area contributed by atoms with Gasteiger partial charge >= 0.3 is 0 Å². The molecule has 1 saturated carbocycles. The molecule has 0 amide bonds. The van der Waals surface area contributed by atoms with Crippen molar-refractivity contribution in [2.75, 3.05) is 18.0 Å². The van der Waals surface area contributed by atoms with E-state index in [0.717, 1.165) is 29.6 Å². The highest BCUT2D eigenvalue weighted by molar-refractivity contribution is 7.09. The van der Waals surface area contributed by atoms with Gasteiger partial charge in [0.05, 0.1) is 17.1 Å². The van der Waals surface area contributed by atoms with Gasteiger partial charge in [-0.15, -0.1) is 0 Å². The number of anilines is 1. The summed E-state index contributed by atoms with van der Waals surface area (Å²) in [7, 11) is 0. The molecular formula is C18H21N5S. The van der Waals surface area contributed by atoms with Gasteiger partial charge in [-0.2, -0.15) is 4.37 Å². The van der Waals surface area contributed by atoms with Gasteiger partial charge in [-0.3, -0.25) is 0 Å². The summed E-state index contributed by atoms with van der Waals surface area (Å²) in [6.07, 6.45) is 2.57. The van der Waals surface area contributed by atoms with E-state index < -0.39 is 0 Å². The number of hydrogen-bond acceptors (Lipinski definition) is 5. The van der Waals surface area contributed by atoms with Crippen LogP contribution in [0.25, 0.3) is 11.0 Å². The summed E-state index contributed by atoms with van der Waals surface area (Å²) in [4.78, 5) is 12.0. The molecule has 124 valence electrons. The van der Waals surface area contributed by atoms with Crippen LogP contribution in [0.2, 0.25) is 0 Å². The third kappa shape index (κ3) is 2.24. The van der Waals surface area contributed by atoms with E-state index in [-0.39, 0.29) is 0 Å². The number of aromatic nitrogens is 4. The van der Waals surface area contributed by atoms with Gasteiger partial charge in [0.25, 0.3) is 0 Å². The van der Waals surface area contributed by atoms with Crippen molar-refractivity contribution < 1.29 is 0 Å². The number of para-hydroxylation sites is 2. The van der Waals surface area contributed by atoms with Gasteiger partial charge in [0.2, 0.25) is 5.13 Å². The Bertz CT molecular complexity index is 886. The highest BCUT2D eigenvalue weighted by atomic mass is 32.1. The molecule has 0 radical (unpaired) electrons. The average Bonchev–Trinajstić information content (AvgIpc) is 3.14. The maximum atomic E-state index is 4.92. The lowest BCUT2D eigenvalue weighted by molar-refractivity contribution is 0.397. The molecule has 1 aromatic carbocycles. The number of fused-ring (bicyclic) bond motifs is 1. The zero-order valence-corrected chi connectivity index (χ0v) is 14.8. The molecule has 3 aromatic rings. The first kappa shape index (κ1) is 14.4. The normalized spacial score (nSPS) is 18.5. The Kier molecular flexibility index (Phi) is 3.16. The van der Waals surface area contributed by atoms with Crippen molar-refractivity contribution in [3.8, 4) is 0 Å². The zero-order chi connectivity index (χ0) is 16.3. The van der Waals surface area contributed by atoms with Crippen LogP contribution in [0.15, 0.2) is 24.3 Å². The minimum Gasteiger partial charge on any atom is -0.343 e. The van der Waals surface area contributed by atoms with Gasteiger partial charge in [-0.25, -0.2) is 9.97 Å². The smallest absolute Gasteiger partial charge is 0.205 e. The first-order valence-electron chi connectivity index (χ1n) is 8.76. The molecular weight excluding hydrogens is 318 g/mol. The number of hydrogen-bond donors (Lipinski definition) is 0. The van der Waals surface area contributed by atoms with Crippen LogP contribution < -0.4 is 4.90 Å². The predicted octanol–water partition coefficient (Wildman–Crippen LogP) is 3.95. The van der Waals surface area contributed by atoms with Crippen LogP contribution in [-0.2, 0) is 0 Å². The standard InChI is InChI=1S/C18H21N5S/c1-11(2)16-20-18(24-21-16)22-9-13(10-22)23-15-6-4-3-5-14(15)19-17(23)12-7-8-12/h3-6,11-13H,7-10H2,1-2H3. The molecule has 1 saturated heterocycles. The summed E-state index contributed by atoms with van der Waals surface area (Å²) in [5.41, 5.74) is 2.42. The average molecular weight is 339 g/mol. The largest absolute Gasteiger partial charge is 0.343 e. The second kappa shape index (κ2) is 5.28. The number of benzene rings is 1. The van der Waals surface area contributed by atoms with Crippen molar-refractivity contribution in [2.45, 2.75) is 44.6 Å². The van der Waals surface area contributed by atoms with E-state index in [1.54, 1.807) is 0 Å². The van der Waals surface area contributed by atoms with Gasteiger partial charge in [0.1, 0.15) is 11.6 Å². The Morgan fingerprint density at radius 2 is 1.92 bits per heavy atom. The van der Waals surface area contributed by atoms with Crippen LogP contribution in [-0.4, -0.2) is 32.0 Å². The molecule has 2 aliphatic rings. The molecule has 1 aliphatic heterocycles. The predicted molar refractivity (Wildman–Crippen MR) is 97.0 cm³/mol. The first-order chi connectivity index (χ1) is 11.7. The molecule has 6 heteroatoms. The Hall–Kier alpha value is -1.95. The minimum absolute atomic E-state index is 0.395. The molecule has 0 atom stereocenters. The SMILES string of the molecule is CC(C)c1nsc(N2CC(n3c(C4CC4)nc4ccccc43)C2)n1. The lowest BCUT2D eigenvalue weighted by Crippen LogP contribution is -2.48. The fourth-order valence-corrected chi connectivity index (χ4v) is 4.27. The molecule has 5 rings (SSSR count). The molecule has 1 aliphatic carbocycles. The quantitative estimate of drug-likeness (QED) is 0.722. The fourth-order valence-electron chi connectivity index (χ4n) is 3.44. The van der Waals surface area contributed by atoms with E-state index in [4.69, 9.17) is 4.98 Å². The Balaban J connectivity index is 1.42. The number of nitrogens with zero attached hydrogens (tertiary/aromatic N) is 5. The highest BCUT2D eigenvalue weighted by Crippen LogP contribution is 2.43. The Morgan fingerprint density at radius 3 is 2.62 bits per heavy atom.